The average molecular weight is 377 g/mol. The molecule has 1 N–H and O–H groups in total. The number of esters is 1. The Balaban J connectivity index is 1.85. The molecule has 0 spiro atoms. The molecule has 1 aromatic carbocycles. The number of hydrogen-bond donors (Lipinski definition) is 1. The summed E-state index contributed by atoms with van der Waals surface area (Å²) in [5, 5.41) is 2.84. The van der Waals surface area contributed by atoms with E-state index >= 15 is 0 Å². The molecule has 150 valence electrons. The first kappa shape index (κ1) is 21.3. The van der Waals surface area contributed by atoms with Crippen LogP contribution in [0.3, 0.4) is 0 Å². The molecule has 0 aromatic heterocycles. The first-order valence-electron chi connectivity index (χ1n) is 9.56. The molecule has 1 saturated heterocycles. The summed E-state index contributed by atoms with van der Waals surface area (Å²) in [5.74, 6) is -0.691. The van der Waals surface area contributed by atoms with E-state index in [1.54, 1.807) is 6.92 Å². The standard InChI is InChI=1S/C20H31N3O4/c1-4-22(3)18(17-8-6-5-7-9-17)20(25)27-16(2)19(24)21-10-11-23-12-14-26-15-13-23/h5-9,16,18H,4,10-15H2,1-3H3,(H,21,24)/t16-,18+/m1/s1. The largest absolute Gasteiger partial charge is 0.451 e. The molecule has 1 aliphatic rings. The second-order valence-electron chi connectivity index (χ2n) is 6.71. The van der Waals surface area contributed by atoms with Crippen molar-refractivity contribution >= 4 is 11.9 Å². The lowest BCUT2D eigenvalue weighted by atomic mass is 10.1. The van der Waals surface area contributed by atoms with Crippen molar-refractivity contribution in [1.82, 2.24) is 15.1 Å². The number of carbonyl (C=O) groups excluding carboxylic acids is 2. The van der Waals surface area contributed by atoms with Gasteiger partial charge in [-0.25, -0.2) is 4.79 Å². The highest BCUT2D eigenvalue weighted by Crippen LogP contribution is 2.21. The quantitative estimate of drug-likeness (QED) is 0.649. The number of hydrogen-bond acceptors (Lipinski definition) is 6. The Bertz CT molecular complexity index is 590. The highest BCUT2D eigenvalue weighted by atomic mass is 16.5. The molecule has 27 heavy (non-hydrogen) atoms. The summed E-state index contributed by atoms with van der Waals surface area (Å²) in [6.45, 7) is 8.78. The van der Waals surface area contributed by atoms with Gasteiger partial charge in [0.2, 0.25) is 0 Å². The van der Waals surface area contributed by atoms with E-state index < -0.39 is 18.1 Å². The van der Waals surface area contributed by atoms with Crippen LogP contribution in [0, 0.1) is 0 Å². The Morgan fingerprint density at radius 3 is 2.56 bits per heavy atom. The smallest absolute Gasteiger partial charge is 0.328 e. The van der Waals surface area contributed by atoms with Gasteiger partial charge in [-0.2, -0.15) is 0 Å². The molecular weight excluding hydrogens is 346 g/mol. The second kappa shape index (κ2) is 11.0. The maximum absolute atomic E-state index is 12.7. The van der Waals surface area contributed by atoms with Crippen molar-refractivity contribution in [3.63, 3.8) is 0 Å². The van der Waals surface area contributed by atoms with E-state index in [2.05, 4.69) is 10.2 Å². The van der Waals surface area contributed by atoms with E-state index in [9.17, 15) is 9.59 Å². The van der Waals surface area contributed by atoms with E-state index in [1.165, 1.54) is 0 Å². The summed E-state index contributed by atoms with van der Waals surface area (Å²) in [6, 6.07) is 8.94. The van der Waals surface area contributed by atoms with Crippen LogP contribution in [-0.2, 0) is 19.1 Å². The molecule has 0 bridgehead atoms. The third-order valence-corrected chi connectivity index (χ3v) is 4.77. The maximum Gasteiger partial charge on any atom is 0.328 e. The number of carbonyl (C=O) groups is 2. The molecule has 0 unspecified atom stereocenters. The number of nitrogens with zero attached hydrogens (tertiary/aromatic N) is 2. The fourth-order valence-corrected chi connectivity index (χ4v) is 2.99. The van der Waals surface area contributed by atoms with Crippen LogP contribution in [0.4, 0.5) is 0 Å². The predicted octanol–water partition coefficient (Wildman–Crippen LogP) is 1.06. The van der Waals surface area contributed by atoms with E-state index in [4.69, 9.17) is 9.47 Å². The lowest BCUT2D eigenvalue weighted by molar-refractivity contribution is -0.159. The fraction of sp³-hybridized carbons (Fsp3) is 0.600. The third-order valence-electron chi connectivity index (χ3n) is 4.77. The number of amides is 1. The topological polar surface area (TPSA) is 71.1 Å². The van der Waals surface area contributed by atoms with Crippen LogP contribution in [-0.4, -0.2) is 80.8 Å². The van der Waals surface area contributed by atoms with Crippen molar-refractivity contribution in [2.45, 2.75) is 26.0 Å². The second-order valence-corrected chi connectivity index (χ2v) is 6.71. The van der Waals surface area contributed by atoms with Gasteiger partial charge in [0.05, 0.1) is 13.2 Å². The number of ether oxygens (including phenoxy) is 2. The Labute approximate surface area is 161 Å². The normalized spacial score (nSPS) is 17.3. The minimum Gasteiger partial charge on any atom is -0.451 e. The zero-order valence-corrected chi connectivity index (χ0v) is 16.5. The molecule has 0 radical (unpaired) electrons. The average Bonchev–Trinajstić information content (AvgIpc) is 2.69. The molecule has 1 amide bonds. The van der Waals surface area contributed by atoms with E-state index in [0.29, 0.717) is 13.1 Å². The van der Waals surface area contributed by atoms with E-state index in [1.807, 2.05) is 49.2 Å². The van der Waals surface area contributed by atoms with Gasteiger partial charge in [-0.15, -0.1) is 0 Å². The highest BCUT2D eigenvalue weighted by molar-refractivity contribution is 5.85. The number of rotatable bonds is 9. The SMILES string of the molecule is CCN(C)[C@H](C(=O)O[C@H](C)C(=O)NCCN1CCOCC1)c1ccccc1. The highest BCUT2D eigenvalue weighted by Gasteiger charge is 2.29. The first-order valence-corrected chi connectivity index (χ1v) is 9.56. The van der Waals surface area contributed by atoms with Crippen molar-refractivity contribution < 1.29 is 19.1 Å². The Hall–Kier alpha value is -1.96. The molecule has 1 aromatic rings. The van der Waals surface area contributed by atoms with Gasteiger partial charge in [-0.3, -0.25) is 14.6 Å². The van der Waals surface area contributed by atoms with Crippen molar-refractivity contribution in [1.29, 1.82) is 0 Å². The van der Waals surface area contributed by atoms with Crippen molar-refractivity contribution in [3.8, 4) is 0 Å². The van der Waals surface area contributed by atoms with Crippen LogP contribution in [0.5, 0.6) is 0 Å². The summed E-state index contributed by atoms with van der Waals surface area (Å²) < 4.78 is 10.8. The number of nitrogens with one attached hydrogen (secondary N) is 1. The van der Waals surface area contributed by atoms with Crippen LogP contribution in [0.1, 0.15) is 25.5 Å². The predicted molar refractivity (Wildman–Crippen MR) is 103 cm³/mol. The monoisotopic (exact) mass is 377 g/mol. The van der Waals surface area contributed by atoms with Crippen LogP contribution in [0.25, 0.3) is 0 Å². The first-order chi connectivity index (χ1) is 13.0. The molecule has 1 aliphatic heterocycles. The molecule has 2 rings (SSSR count). The van der Waals surface area contributed by atoms with E-state index in [-0.39, 0.29) is 5.91 Å². The zero-order valence-electron chi connectivity index (χ0n) is 16.5. The summed E-state index contributed by atoms with van der Waals surface area (Å²) in [4.78, 5) is 29.1. The van der Waals surface area contributed by atoms with Crippen LogP contribution < -0.4 is 5.32 Å². The van der Waals surface area contributed by atoms with Gasteiger partial charge in [0, 0.05) is 26.2 Å². The van der Waals surface area contributed by atoms with Gasteiger partial charge in [0.25, 0.3) is 5.91 Å². The summed E-state index contributed by atoms with van der Waals surface area (Å²) >= 11 is 0. The lowest BCUT2D eigenvalue weighted by Crippen LogP contribution is -2.44. The molecule has 0 saturated carbocycles. The number of likely N-dealkylation sites (N-methyl/N-ethyl adjacent to an activating group) is 1. The van der Waals surface area contributed by atoms with Crippen LogP contribution in [0.2, 0.25) is 0 Å². The summed E-state index contributed by atoms with van der Waals surface area (Å²) in [6.07, 6.45) is -0.835. The summed E-state index contributed by atoms with van der Waals surface area (Å²) in [7, 11) is 1.87. The minimum atomic E-state index is -0.835. The number of morpholine rings is 1. The molecule has 7 nitrogen and oxygen atoms in total. The van der Waals surface area contributed by atoms with Crippen LogP contribution in [0.15, 0.2) is 30.3 Å². The van der Waals surface area contributed by atoms with Gasteiger partial charge in [0.15, 0.2) is 6.10 Å². The van der Waals surface area contributed by atoms with Crippen molar-refractivity contribution in [3.05, 3.63) is 35.9 Å². The van der Waals surface area contributed by atoms with E-state index in [0.717, 1.165) is 38.4 Å². The van der Waals surface area contributed by atoms with Crippen LogP contribution >= 0.6 is 0 Å². The molecule has 1 heterocycles. The fourth-order valence-electron chi connectivity index (χ4n) is 2.99. The van der Waals surface area contributed by atoms with Gasteiger partial charge in [-0.1, -0.05) is 37.3 Å². The molecular formula is C20H31N3O4. The molecule has 0 aliphatic carbocycles. The molecule has 2 atom stereocenters. The molecule has 7 heteroatoms. The zero-order chi connectivity index (χ0) is 19.6. The Morgan fingerprint density at radius 1 is 1.26 bits per heavy atom. The molecule has 1 fully saturated rings. The maximum atomic E-state index is 12.7. The van der Waals surface area contributed by atoms with Crippen molar-refractivity contribution in [2.75, 3.05) is 53.0 Å². The number of benzene rings is 1. The summed E-state index contributed by atoms with van der Waals surface area (Å²) in [5.41, 5.74) is 0.853. The third kappa shape index (κ3) is 6.61. The minimum absolute atomic E-state index is 0.275. The van der Waals surface area contributed by atoms with Gasteiger partial charge in [-0.05, 0) is 26.1 Å². The Morgan fingerprint density at radius 2 is 1.93 bits per heavy atom. The van der Waals surface area contributed by atoms with Gasteiger partial charge in [0.1, 0.15) is 6.04 Å². The van der Waals surface area contributed by atoms with Crippen molar-refractivity contribution in [2.24, 2.45) is 0 Å². The Kier molecular flexibility index (Phi) is 8.71. The lowest BCUT2D eigenvalue weighted by Gasteiger charge is -2.27. The van der Waals surface area contributed by atoms with Gasteiger partial charge < -0.3 is 14.8 Å². The van der Waals surface area contributed by atoms with Gasteiger partial charge >= 0.3 is 5.97 Å².